The summed E-state index contributed by atoms with van der Waals surface area (Å²) in [5, 5.41) is 9.46. The zero-order valence-corrected chi connectivity index (χ0v) is 13.1. The van der Waals surface area contributed by atoms with E-state index in [2.05, 4.69) is 24.5 Å². The Hall–Kier alpha value is -0.820. The van der Waals surface area contributed by atoms with Crippen LogP contribution in [-0.2, 0) is 10.0 Å². The smallest absolute Gasteiger partial charge is 0.315 e. The van der Waals surface area contributed by atoms with E-state index in [1.165, 1.54) is 6.92 Å². The van der Waals surface area contributed by atoms with E-state index in [1.807, 2.05) is 6.92 Å². The van der Waals surface area contributed by atoms with E-state index in [9.17, 15) is 13.2 Å². The SMILES string of the molecule is CC(C)CCC[C@@H](C)NC(=O)NC[C@@H](C)S(N)(=O)=O. The number of amides is 2. The summed E-state index contributed by atoms with van der Waals surface area (Å²) in [7, 11) is -3.59. The van der Waals surface area contributed by atoms with E-state index >= 15 is 0 Å². The fourth-order valence-corrected chi connectivity index (χ4v) is 1.85. The van der Waals surface area contributed by atoms with Gasteiger partial charge in [-0.1, -0.05) is 26.7 Å². The van der Waals surface area contributed by atoms with Crippen LogP contribution in [0, 0.1) is 5.92 Å². The summed E-state index contributed by atoms with van der Waals surface area (Å²) >= 11 is 0. The molecule has 0 radical (unpaired) electrons. The molecular formula is C12H27N3O3S. The number of urea groups is 1. The third-order valence-corrected chi connectivity index (χ3v) is 4.20. The van der Waals surface area contributed by atoms with Crippen molar-refractivity contribution in [1.82, 2.24) is 10.6 Å². The molecule has 2 amide bonds. The van der Waals surface area contributed by atoms with Gasteiger partial charge in [0, 0.05) is 12.6 Å². The number of hydrogen-bond donors (Lipinski definition) is 3. The monoisotopic (exact) mass is 293 g/mol. The van der Waals surface area contributed by atoms with Crippen molar-refractivity contribution in [2.75, 3.05) is 6.54 Å². The van der Waals surface area contributed by atoms with Gasteiger partial charge in [-0.05, 0) is 26.2 Å². The Labute approximate surface area is 116 Å². The Morgan fingerprint density at radius 2 is 1.74 bits per heavy atom. The van der Waals surface area contributed by atoms with Gasteiger partial charge in [-0.25, -0.2) is 18.4 Å². The van der Waals surface area contributed by atoms with Crippen molar-refractivity contribution in [3.8, 4) is 0 Å². The predicted octanol–water partition coefficient (Wildman–Crippen LogP) is 1.18. The highest BCUT2D eigenvalue weighted by atomic mass is 32.2. The summed E-state index contributed by atoms with van der Waals surface area (Å²) in [5.74, 6) is 0.664. The third kappa shape index (κ3) is 9.72. The van der Waals surface area contributed by atoms with Gasteiger partial charge in [0.05, 0.1) is 5.25 Å². The molecule has 0 heterocycles. The number of carbonyl (C=O) groups excluding carboxylic acids is 1. The lowest BCUT2D eigenvalue weighted by Gasteiger charge is -2.16. The van der Waals surface area contributed by atoms with Gasteiger partial charge < -0.3 is 10.6 Å². The molecule has 0 fully saturated rings. The molecule has 7 heteroatoms. The van der Waals surface area contributed by atoms with Gasteiger partial charge in [0.25, 0.3) is 0 Å². The number of nitrogens with one attached hydrogen (secondary N) is 2. The van der Waals surface area contributed by atoms with Crippen LogP contribution in [-0.4, -0.2) is 32.3 Å². The zero-order valence-electron chi connectivity index (χ0n) is 12.3. The molecule has 6 nitrogen and oxygen atoms in total. The Bertz CT molecular complexity index is 368. The van der Waals surface area contributed by atoms with Gasteiger partial charge in [-0.15, -0.1) is 0 Å². The van der Waals surface area contributed by atoms with E-state index in [1.54, 1.807) is 0 Å². The molecule has 0 bridgehead atoms. The van der Waals surface area contributed by atoms with Gasteiger partial charge in [0.15, 0.2) is 0 Å². The second-order valence-electron chi connectivity index (χ2n) is 5.48. The first kappa shape index (κ1) is 18.2. The lowest BCUT2D eigenvalue weighted by molar-refractivity contribution is 0.237. The van der Waals surface area contributed by atoms with E-state index < -0.39 is 15.3 Å². The van der Waals surface area contributed by atoms with Crippen molar-refractivity contribution >= 4 is 16.1 Å². The Morgan fingerprint density at radius 1 is 1.16 bits per heavy atom. The quantitative estimate of drug-likeness (QED) is 0.626. The molecule has 0 aromatic carbocycles. The van der Waals surface area contributed by atoms with Crippen molar-refractivity contribution in [3.63, 3.8) is 0 Å². The third-order valence-electron chi connectivity index (χ3n) is 2.91. The van der Waals surface area contributed by atoms with Crippen LogP contribution in [0.1, 0.15) is 47.0 Å². The molecule has 0 saturated carbocycles. The fourth-order valence-electron chi connectivity index (χ4n) is 1.53. The highest BCUT2D eigenvalue weighted by molar-refractivity contribution is 7.89. The molecule has 0 saturated heterocycles. The van der Waals surface area contributed by atoms with Crippen molar-refractivity contribution in [2.24, 2.45) is 11.1 Å². The molecule has 19 heavy (non-hydrogen) atoms. The van der Waals surface area contributed by atoms with Gasteiger partial charge in [-0.3, -0.25) is 0 Å². The van der Waals surface area contributed by atoms with Gasteiger partial charge in [0.2, 0.25) is 10.0 Å². The van der Waals surface area contributed by atoms with Crippen LogP contribution in [0.2, 0.25) is 0 Å². The molecule has 0 rings (SSSR count). The van der Waals surface area contributed by atoms with E-state index in [4.69, 9.17) is 5.14 Å². The van der Waals surface area contributed by atoms with Crippen molar-refractivity contribution in [2.45, 2.75) is 58.2 Å². The van der Waals surface area contributed by atoms with Crippen molar-refractivity contribution in [1.29, 1.82) is 0 Å². The molecule has 0 aromatic rings. The minimum atomic E-state index is -3.59. The van der Waals surface area contributed by atoms with E-state index in [0.717, 1.165) is 19.3 Å². The minimum Gasteiger partial charge on any atom is -0.337 e. The zero-order chi connectivity index (χ0) is 15.1. The fraction of sp³-hybridized carbons (Fsp3) is 0.917. The average molecular weight is 293 g/mol. The molecule has 0 spiro atoms. The summed E-state index contributed by atoms with van der Waals surface area (Å²) in [4.78, 5) is 11.5. The molecule has 2 atom stereocenters. The molecule has 0 aromatic heterocycles. The lowest BCUT2D eigenvalue weighted by Crippen LogP contribution is -2.45. The number of rotatable bonds is 8. The van der Waals surface area contributed by atoms with Crippen LogP contribution < -0.4 is 15.8 Å². The second kappa shape index (κ2) is 8.37. The van der Waals surface area contributed by atoms with Crippen LogP contribution in [0.3, 0.4) is 0 Å². The van der Waals surface area contributed by atoms with Crippen LogP contribution in [0.25, 0.3) is 0 Å². The maximum absolute atomic E-state index is 11.5. The van der Waals surface area contributed by atoms with E-state index in [-0.39, 0.29) is 18.6 Å². The predicted molar refractivity (Wildman–Crippen MR) is 77.3 cm³/mol. The molecule has 4 N–H and O–H groups in total. The molecule has 0 aliphatic carbocycles. The van der Waals surface area contributed by atoms with Crippen molar-refractivity contribution < 1.29 is 13.2 Å². The van der Waals surface area contributed by atoms with Crippen LogP contribution >= 0.6 is 0 Å². The number of carbonyl (C=O) groups is 1. The Balaban J connectivity index is 3.86. The first-order chi connectivity index (χ1) is 8.62. The minimum absolute atomic E-state index is 0.0172. The molecule has 0 aliphatic rings. The Kier molecular flexibility index (Phi) is 8.01. The maximum Gasteiger partial charge on any atom is 0.315 e. The lowest BCUT2D eigenvalue weighted by atomic mass is 10.0. The van der Waals surface area contributed by atoms with Crippen molar-refractivity contribution in [3.05, 3.63) is 0 Å². The number of primary sulfonamides is 1. The summed E-state index contributed by atoms with van der Waals surface area (Å²) in [5.41, 5.74) is 0. The van der Waals surface area contributed by atoms with E-state index in [0.29, 0.717) is 5.92 Å². The van der Waals surface area contributed by atoms with Gasteiger partial charge in [0.1, 0.15) is 0 Å². The highest BCUT2D eigenvalue weighted by Crippen LogP contribution is 2.08. The normalized spacial score (nSPS) is 15.1. The largest absolute Gasteiger partial charge is 0.337 e. The van der Waals surface area contributed by atoms with Crippen LogP contribution in [0.15, 0.2) is 0 Å². The summed E-state index contributed by atoms with van der Waals surface area (Å²) in [6.45, 7) is 7.74. The molecule has 114 valence electrons. The number of hydrogen-bond acceptors (Lipinski definition) is 3. The topological polar surface area (TPSA) is 101 Å². The molecule has 0 unspecified atom stereocenters. The highest BCUT2D eigenvalue weighted by Gasteiger charge is 2.16. The second-order valence-corrected chi connectivity index (χ2v) is 7.46. The average Bonchev–Trinajstić information content (AvgIpc) is 2.23. The first-order valence-corrected chi connectivity index (χ1v) is 8.29. The van der Waals surface area contributed by atoms with Gasteiger partial charge >= 0.3 is 6.03 Å². The number of nitrogens with two attached hydrogens (primary N) is 1. The van der Waals surface area contributed by atoms with Crippen LogP contribution in [0.5, 0.6) is 0 Å². The first-order valence-electron chi connectivity index (χ1n) is 6.69. The summed E-state index contributed by atoms with van der Waals surface area (Å²) in [6.07, 6.45) is 3.11. The number of sulfonamides is 1. The molecule has 0 aliphatic heterocycles. The van der Waals surface area contributed by atoms with Gasteiger partial charge in [-0.2, -0.15) is 0 Å². The summed E-state index contributed by atoms with van der Waals surface area (Å²) in [6, 6.07) is -0.281. The van der Waals surface area contributed by atoms with Crippen LogP contribution in [0.4, 0.5) is 4.79 Å². The maximum atomic E-state index is 11.5. The summed E-state index contributed by atoms with van der Waals surface area (Å²) < 4.78 is 22.0. The Morgan fingerprint density at radius 3 is 2.21 bits per heavy atom. The standard InChI is InChI=1S/C12H27N3O3S/c1-9(2)6-5-7-10(3)15-12(16)14-8-11(4)19(13,17)18/h9-11H,5-8H2,1-4H3,(H2,13,17,18)(H2,14,15,16)/t10-,11-/m1/s1. The molecular weight excluding hydrogens is 266 g/mol.